The average Bonchev–Trinajstić information content (AvgIpc) is 2.30. The Bertz CT molecular complexity index is 555. The van der Waals surface area contributed by atoms with E-state index in [0.717, 1.165) is 12.1 Å². The first-order valence-corrected chi connectivity index (χ1v) is 8.52. The summed E-state index contributed by atoms with van der Waals surface area (Å²) in [4.78, 5) is 2.20. The number of aryl methyl sites for hydroxylation is 1. The Hall–Kier alpha value is -1.07. The summed E-state index contributed by atoms with van der Waals surface area (Å²) in [6.07, 6.45) is 0.826. The third-order valence-electron chi connectivity index (χ3n) is 3.63. The Morgan fingerprint density at radius 3 is 2.79 bits per heavy atom. The van der Waals surface area contributed by atoms with E-state index in [1.54, 1.807) is 0 Å². The number of nitrogens with two attached hydrogens (primary N) is 1. The Morgan fingerprint density at radius 2 is 2.16 bits per heavy atom. The summed E-state index contributed by atoms with van der Waals surface area (Å²) in [6.45, 7) is 5.22. The molecule has 0 aromatic heterocycles. The largest absolute Gasteiger partial charge is 0.367 e. The maximum atomic E-state index is 11.7. The van der Waals surface area contributed by atoms with Gasteiger partial charge in [0.1, 0.15) is 0 Å². The standard InChI is InChI=1S/C14H22N2O2S/c1-11-3-4-14(13(9-11)5-6-15)16-7-8-19(17,18)10-12(16)2/h3-4,9,12H,5-8,10,15H2,1-2H3. The Morgan fingerprint density at radius 1 is 1.42 bits per heavy atom. The van der Waals surface area contributed by atoms with Crippen LogP contribution in [0, 0.1) is 6.92 Å². The number of nitrogens with zero attached hydrogens (tertiary/aromatic N) is 1. The zero-order valence-corrected chi connectivity index (χ0v) is 12.4. The molecule has 2 rings (SSSR count). The molecule has 1 aliphatic heterocycles. The van der Waals surface area contributed by atoms with Gasteiger partial charge >= 0.3 is 0 Å². The maximum absolute atomic E-state index is 11.7. The van der Waals surface area contributed by atoms with Crippen molar-refractivity contribution in [2.24, 2.45) is 5.73 Å². The first kappa shape index (κ1) is 14.3. The van der Waals surface area contributed by atoms with Crippen molar-refractivity contribution in [2.45, 2.75) is 26.3 Å². The lowest BCUT2D eigenvalue weighted by molar-refractivity contribution is 0.568. The second kappa shape index (κ2) is 5.51. The molecule has 1 atom stereocenters. The van der Waals surface area contributed by atoms with E-state index >= 15 is 0 Å². The minimum atomic E-state index is -2.87. The maximum Gasteiger partial charge on any atom is 0.154 e. The quantitative estimate of drug-likeness (QED) is 0.902. The van der Waals surface area contributed by atoms with Gasteiger partial charge in [0.05, 0.1) is 11.5 Å². The van der Waals surface area contributed by atoms with Crippen LogP contribution in [0.25, 0.3) is 0 Å². The van der Waals surface area contributed by atoms with Crippen LogP contribution in [-0.2, 0) is 16.3 Å². The van der Waals surface area contributed by atoms with Gasteiger partial charge in [-0.3, -0.25) is 0 Å². The lowest BCUT2D eigenvalue weighted by atomic mass is 10.0. The summed E-state index contributed by atoms with van der Waals surface area (Å²) >= 11 is 0. The first-order chi connectivity index (χ1) is 8.93. The van der Waals surface area contributed by atoms with Gasteiger partial charge in [-0.2, -0.15) is 0 Å². The topological polar surface area (TPSA) is 63.4 Å². The molecule has 2 N–H and O–H groups in total. The third-order valence-corrected chi connectivity index (χ3v) is 5.42. The molecule has 1 saturated heterocycles. The van der Waals surface area contributed by atoms with Gasteiger partial charge in [0.25, 0.3) is 0 Å². The fourth-order valence-corrected chi connectivity index (χ4v) is 4.26. The minimum Gasteiger partial charge on any atom is -0.367 e. The van der Waals surface area contributed by atoms with Crippen molar-refractivity contribution in [1.82, 2.24) is 0 Å². The Kier molecular flexibility index (Phi) is 4.16. The summed E-state index contributed by atoms with van der Waals surface area (Å²) in [6, 6.07) is 6.34. The second-order valence-corrected chi connectivity index (χ2v) is 7.56. The summed E-state index contributed by atoms with van der Waals surface area (Å²) in [5, 5.41) is 0. The smallest absolute Gasteiger partial charge is 0.154 e. The van der Waals surface area contributed by atoms with Crippen molar-refractivity contribution in [3.63, 3.8) is 0 Å². The van der Waals surface area contributed by atoms with Crippen molar-refractivity contribution in [2.75, 3.05) is 29.5 Å². The van der Waals surface area contributed by atoms with Gasteiger partial charge in [-0.15, -0.1) is 0 Å². The highest BCUT2D eigenvalue weighted by molar-refractivity contribution is 7.91. The highest BCUT2D eigenvalue weighted by atomic mass is 32.2. The van der Waals surface area contributed by atoms with E-state index in [0.29, 0.717) is 13.1 Å². The molecule has 1 aromatic carbocycles. The fraction of sp³-hybridized carbons (Fsp3) is 0.571. The van der Waals surface area contributed by atoms with E-state index in [4.69, 9.17) is 5.73 Å². The third kappa shape index (κ3) is 3.28. The van der Waals surface area contributed by atoms with Crippen molar-refractivity contribution in [3.05, 3.63) is 29.3 Å². The predicted octanol–water partition coefficient (Wildman–Crippen LogP) is 1.12. The SMILES string of the molecule is Cc1ccc(N2CCS(=O)(=O)CC2C)c(CCN)c1. The molecule has 0 amide bonds. The molecule has 0 aliphatic carbocycles. The van der Waals surface area contributed by atoms with E-state index in [9.17, 15) is 8.42 Å². The van der Waals surface area contributed by atoms with E-state index in [1.807, 2.05) is 6.92 Å². The van der Waals surface area contributed by atoms with Crippen LogP contribution in [0.15, 0.2) is 18.2 Å². The fourth-order valence-electron chi connectivity index (χ4n) is 2.71. The van der Waals surface area contributed by atoms with Gasteiger partial charge in [-0.05, 0) is 38.4 Å². The van der Waals surface area contributed by atoms with Crippen molar-refractivity contribution in [3.8, 4) is 0 Å². The van der Waals surface area contributed by atoms with Crippen LogP contribution < -0.4 is 10.6 Å². The molecule has 1 aromatic rings. The van der Waals surface area contributed by atoms with Crippen molar-refractivity contribution in [1.29, 1.82) is 0 Å². The van der Waals surface area contributed by atoms with Crippen LogP contribution in [0.1, 0.15) is 18.1 Å². The first-order valence-electron chi connectivity index (χ1n) is 6.69. The zero-order chi connectivity index (χ0) is 14.0. The van der Waals surface area contributed by atoms with Crippen molar-refractivity contribution >= 4 is 15.5 Å². The average molecular weight is 282 g/mol. The Labute approximate surface area is 115 Å². The van der Waals surface area contributed by atoms with Gasteiger partial charge in [-0.25, -0.2) is 8.42 Å². The molecule has 0 radical (unpaired) electrons. The number of hydrogen-bond acceptors (Lipinski definition) is 4. The van der Waals surface area contributed by atoms with E-state index in [1.165, 1.54) is 11.1 Å². The van der Waals surface area contributed by atoms with Crippen molar-refractivity contribution < 1.29 is 8.42 Å². The lowest BCUT2D eigenvalue weighted by Crippen LogP contribution is -2.47. The summed E-state index contributed by atoms with van der Waals surface area (Å²) in [5.74, 6) is 0.482. The van der Waals surface area contributed by atoms with Crippen LogP contribution in [0.3, 0.4) is 0 Å². The van der Waals surface area contributed by atoms with Crippen LogP contribution in [0.4, 0.5) is 5.69 Å². The number of hydrogen-bond donors (Lipinski definition) is 1. The molecule has 4 nitrogen and oxygen atoms in total. The molecule has 0 spiro atoms. The highest BCUT2D eigenvalue weighted by Crippen LogP contribution is 2.27. The van der Waals surface area contributed by atoms with E-state index < -0.39 is 9.84 Å². The molecule has 19 heavy (non-hydrogen) atoms. The van der Waals surface area contributed by atoms with Gasteiger partial charge in [0.2, 0.25) is 0 Å². The molecular weight excluding hydrogens is 260 g/mol. The van der Waals surface area contributed by atoms with Gasteiger partial charge in [-0.1, -0.05) is 17.7 Å². The predicted molar refractivity (Wildman–Crippen MR) is 79.4 cm³/mol. The monoisotopic (exact) mass is 282 g/mol. The van der Waals surface area contributed by atoms with Gasteiger partial charge < -0.3 is 10.6 Å². The summed E-state index contributed by atoms with van der Waals surface area (Å²) in [5.41, 5.74) is 9.24. The number of benzene rings is 1. The molecule has 0 saturated carbocycles. The molecule has 106 valence electrons. The van der Waals surface area contributed by atoms with Crippen LogP contribution in [-0.4, -0.2) is 39.1 Å². The molecule has 5 heteroatoms. The van der Waals surface area contributed by atoms with Gasteiger partial charge in [0, 0.05) is 18.3 Å². The molecule has 0 bridgehead atoms. The molecule has 1 heterocycles. The van der Waals surface area contributed by atoms with E-state index in [-0.39, 0.29) is 17.5 Å². The minimum absolute atomic E-state index is 0.0259. The van der Waals surface area contributed by atoms with Crippen LogP contribution in [0.5, 0.6) is 0 Å². The molecule has 1 fully saturated rings. The number of anilines is 1. The van der Waals surface area contributed by atoms with E-state index in [2.05, 4.69) is 30.0 Å². The number of sulfone groups is 1. The molecule has 1 unspecified atom stereocenters. The highest BCUT2D eigenvalue weighted by Gasteiger charge is 2.29. The summed E-state index contributed by atoms with van der Waals surface area (Å²) < 4.78 is 23.3. The normalized spacial score (nSPS) is 22.5. The molecule has 1 aliphatic rings. The Balaban J connectivity index is 2.31. The number of rotatable bonds is 3. The molecular formula is C14H22N2O2S. The van der Waals surface area contributed by atoms with Crippen LogP contribution in [0.2, 0.25) is 0 Å². The summed E-state index contributed by atoms with van der Waals surface area (Å²) in [7, 11) is -2.87. The second-order valence-electron chi connectivity index (χ2n) is 5.33. The zero-order valence-electron chi connectivity index (χ0n) is 11.6. The lowest BCUT2D eigenvalue weighted by Gasteiger charge is -2.36. The van der Waals surface area contributed by atoms with Gasteiger partial charge in [0.15, 0.2) is 9.84 Å². The van der Waals surface area contributed by atoms with Crippen LogP contribution >= 0.6 is 0 Å².